The van der Waals surface area contributed by atoms with Gasteiger partial charge >= 0.3 is 5.92 Å². The van der Waals surface area contributed by atoms with Crippen molar-refractivity contribution in [1.82, 2.24) is 30.4 Å². The lowest BCUT2D eigenvalue weighted by atomic mass is 10.0. The van der Waals surface area contributed by atoms with Crippen LogP contribution in [0.1, 0.15) is 121 Å². The number of methoxy groups -OCH3 is 1. The van der Waals surface area contributed by atoms with Gasteiger partial charge in [-0.3, -0.25) is 39.0 Å². The number of rotatable bonds is 23. The summed E-state index contributed by atoms with van der Waals surface area (Å²) in [7, 11) is 2.65. The predicted octanol–water partition coefficient (Wildman–Crippen LogP) is 5.81. The molecule has 3 aromatic rings. The van der Waals surface area contributed by atoms with E-state index in [1.54, 1.807) is 18.2 Å². The maximum Gasteiger partial charge on any atom is 0.342 e. The third-order valence-electron chi connectivity index (χ3n) is 14.2. The molecule has 22 heteroatoms. The van der Waals surface area contributed by atoms with Gasteiger partial charge in [0.2, 0.25) is 17.8 Å². The van der Waals surface area contributed by atoms with Crippen molar-refractivity contribution in [2.24, 2.45) is 0 Å². The maximum atomic E-state index is 15.6. The van der Waals surface area contributed by atoms with E-state index in [4.69, 9.17) is 14.2 Å². The van der Waals surface area contributed by atoms with Crippen molar-refractivity contribution in [2.75, 3.05) is 93.7 Å². The number of nitrogens with one attached hydrogen (secondary N) is 4. The van der Waals surface area contributed by atoms with Crippen molar-refractivity contribution >= 4 is 64.3 Å². The second-order valence-electron chi connectivity index (χ2n) is 19.2. The number of fused-ring (bicyclic) bond motifs is 2. The average Bonchev–Trinajstić information content (AvgIpc) is 3.99. The molecule has 8 rings (SSSR count). The van der Waals surface area contributed by atoms with Gasteiger partial charge in [0, 0.05) is 76.7 Å². The SMILES string of the molecule is COc1cc(C(=O)NC2CCN(CCOCCCCCCCCOCCNc3cccc4c3C(=O)N(C3CCC(=O)NC3=O)C4=O)CC2)c(F)cc1Nc1ncc2c(n1)N(C1CCCC1)CC(F)(F)C(=O)N2C. The Morgan fingerprint density at radius 3 is 2.30 bits per heavy atom. The first kappa shape index (κ1) is 52.9. The molecule has 73 heavy (non-hydrogen) atoms. The molecular weight excluding hydrogens is 954 g/mol. The van der Waals surface area contributed by atoms with Crippen LogP contribution in [0.25, 0.3) is 0 Å². The van der Waals surface area contributed by atoms with Crippen LogP contribution in [0.3, 0.4) is 0 Å². The first-order valence-corrected chi connectivity index (χ1v) is 25.5. The number of unbranched alkanes of at least 4 members (excludes halogenated alkanes) is 5. The normalized spacial score (nSPS) is 19.5. The minimum atomic E-state index is -3.63. The monoisotopic (exact) mass is 1020 g/mol. The smallest absolute Gasteiger partial charge is 0.342 e. The van der Waals surface area contributed by atoms with Crippen LogP contribution in [-0.4, -0.2) is 153 Å². The Morgan fingerprint density at radius 1 is 0.877 bits per heavy atom. The third-order valence-corrected chi connectivity index (χ3v) is 14.2. The molecule has 1 aromatic heterocycles. The number of anilines is 5. The summed E-state index contributed by atoms with van der Waals surface area (Å²) in [6, 6.07) is 6.00. The molecule has 5 aliphatic rings. The Morgan fingerprint density at radius 2 is 1.59 bits per heavy atom. The van der Waals surface area contributed by atoms with E-state index in [1.807, 2.05) is 0 Å². The van der Waals surface area contributed by atoms with Gasteiger partial charge in [-0.1, -0.05) is 44.6 Å². The van der Waals surface area contributed by atoms with Crippen molar-refractivity contribution in [3.8, 4) is 5.75 Å². The van der Waals surface area contributed by atoms with Crippen molar-refractivity contribution in [3.63, 3.8) is 0 Å². The summed E-state index contributed by atoms with van der Waals surface area (Å²) >= 11 is 0. The van der Waals surface area contributed by atoms with Crippen molar-refractivity contribution < 1.29 is 56.1 Å². The van der Waals surface area contributed by atoms with E-state index >= 15 is 13.2 Å². The van der Waals surface area contributed by atoms with Gasteiger partial charge in [0.1, 0.15) is 23.3 Å². The minimum Gasteiger partial charge on any atom is -0.495 e. The van der Waals surface area contributed by atoms with Crippen LogP contribution in [0.15, 0.2) is 36.5 Å². The number of imide groups is 2. The quantitative estimate of drug-likeness (QED) is 0.0651. The van der Waals surface area contributed by atoms with E-state index in [0.29, 0.717) is 64.3 Å². The molecule has 3 fully saturated rings. The van der Waals surface area contributed by atoms with Crippen LogP contribution in [0.4, 0.5) is 42.0 Å². The van der Waals surface area contributed by atoms with Gasteiger partial charge in [-0.15, -0.1) is 0 Å². The van der Waals surface area contributed by atoms with E-state index in [9.17, 15) is 28.8 Å². The predicted molar refractivity (Wildman–Crippen MR) is 264 cm³/mol. The Balaban J connectivity index is 0.670. The zero-order valence-corrected chi connectivity index (χ0v) is 41.5. The van der Waals surface area contributed by atoms with Gasteiger partial charge < -0.3 is 44.9 Å². The lowest BCUT2D eigenvalue weighted by Crippen LogP contribution is -2.54. The van der Waals surface area contributed by atoms with Gasteiger partial charge in [-0.25, -0.2) is 9.37 Å². The topological polar surface area (TPSA) is 217 Å². The van der Waals surface area contributed by atoms with Crippen molar-refractivity contribution in [1.29, 1.82) is 0 Å². The molecule has 19 nitrogen and oxygen atoms in total. The first-order valence-electron chi connectivity index (χ1n) is 25.5. The number of ether oxygens (including phenoxy) is 3. The van der Waals surface area contributed by atoms with Crippen LogP contribution in [0.2, 0.25) is 0 Å². The molecule has 2 saturated heterocycles. The molecule has 0 bridgehead atoms. The molecule has 1 aliphatic carbocycles. The standard InChI is InChI=1S/C51H65F3N10O9/c1-61-40-30-56-50(60-44(40)63(33-12-7-8-13-33)31-51(53,54)49(61)70)58-38-29-36(52)35(28-41(38)71-2)45(66)57-32-18-21-62(22-19-32)23-27-73-25-10-6-4-3-5-9-24-72-26-20-55-37-15-11-14-34-43(37)48(69)64(47(34)68)39-16-17-42(65)59-46(39)67/h11,14-15,28-30,32-33,39,55H,3-10,12-13,16-27,31H2,1-2H3,(H,57,66)(H,56,58,60)(H,59,65,67). The summed E-state index contributed by atoms with van der Waals surface area (Å²) < 4.78 is 63.0. The zero-order valence-electron chi connectivity index (χ0n) is 41.5. The van der Waals surface area contributed by atoms with Crippen LogP contribution >= 0.6 is 0 Å². The van der Waals surface area contributed by atoms with Crippen LogP contribution < -0.4 is 35.8 Å². The number of nitrogens with zero attached hydrogens (tertiary/aromatic N) is 6. The third kappa shape index (κ3) is 12.5. The lowest BCUT2D eigenvalue weighted by Gasteiger charge is -2.32. The molecule has 0 spiro atoms. The van der Waals surface area contributed by atoms with E-state index in [0.717, 1.165) is 86.9 Å². The number of benzene rings is 2. The second kappa shape index (κ2) is 24.1. The molecular formula is C51H65F3N10O9. The highest BCUT2D eigenvalue weighted by molar-refractivity contribution is 6.25. The van der Waals surface area contributed by atoms with Crippen molar-refractivity contribution in [2.45, 2.75) is 114 Å². The summed E-state index contributed by atoms with van der Waals surface area (Å²) in [5.74, 6) is -8.18. The molecule has 1 atom stereocenters. The summed E-state index contributed by atoms with van der Waals surface area (Å²) in [4.78, 5) is 90.7. The summed E-state index contributed by atoms with van der Waals surface area (Å²) in [5, 5.41) is 11.3. The van der Waals surface area contributed by atoms with E-state index in [1.165, 1.54) is 31.3 Å². The van der Waals surface area contributed by atoms with Gasteiger partial charge in [0.25, 0.3) is 23.6 Å². The maximum absolute atomic E-state index is 15.6. The number of aromatic nitrogens is 2. The highest BCUT2D eigenvalue weighted by Crippen LogP contribution is 2.40. The number of carbonyl (C=O) groups excluding carboxylic acids is 6. The van der Waals surface area contributed by atoms with E-state index in [2.05, 4.69) is 36.1 Å². The average molecular weight is 1020 g/mol. The molecule has 1 saturated carbocycles. The fraction of sp³-hybridized carbons (Fsp3) is 0.569. The molecule has 6 amide bonds. The molecule has 2 aromatic carbocycles. The number of likely N-dealkylation sites (tertiary alicyclic amines) is 1. The highest BCUT2D eigenvalue weighted by atomic mass is 19.3. The second-order valence-corrected chi connectivity index (χ2v) is 19.2. The molecule has 4 aliphatic heterocycles. The Labute approximate surface area is 422 Å². The minimum absolute atomic E-state index is 0.0172. The van der Waals surface area contributed by atoms with Crippen LogP contribution in [0.5, 0.6) is 5.75 Å². The van der Waals surface area contributed by atoms with E-state index in [-0.39, 0.29) is 70.5 Å². The lowest BCUT2D eigenvalue weighted by molar-refractivity contribution is -0.140. The summed E-state index contributed by atoms with van der Waals surface area (Å²) in [6.45, 7) is 4.23. The molecule has 1 unspecified atom stereocenters. The number of piperidine rings is 2. The number of halogens is 3. The number of amides is 6. The fourth-order valence-electron chi connectivity index (χ4n) is 10.2. The van der Waals surface area contributed by atoms with Crippen molar-refractivity contribution in [3.05, 3.63) is 59.0 Å². The number of hydrogen-bond donors (Lipinski definition) is 4. The summed E-state index contributed by atoms with van der Waals surface area (Å²) in [6.07, 6.45) is 12.2. The highest BCUT2D eigenvalue weighted by Gasteiger charge is 2.49. The van der Waals surface area contributed by atoms with Crippen LogP contribution in [-0.2, 0) is 23.9 Å². The largest absolute Gasteiger partial charge is 0.495 e. The Bertz CT molecular complexity index is 2520. The number of alkyl halides is 2. The Hall–Kier alpha value is -6.39. The van der Waals surface area contributed by atoms with Gasteiger partial charge in [-0.05, 0) is 63.1 Å². The number of hydrogen-bond acceptors (Lipinski definition) is 15. The molecule has 0 radical (unpaired) electrons. The summed E-state index contributed by atoms with van der Waals surface area (Å²) in [5.41, 5.74) is 1.04. The molecule has 4 N–H and O–H groups in total. The Kier molecular flexibility index (Phi) is 17.5. The van der Waals surface area contributed by atoms with E-state index < -0.39 is 59.8 Å². The zero-order chi connectivity index (χ0) is 51.6. The van der Waals surface area contributed by atoms with Gasteiger partial charge in [-0.2, -0.15) is 13.8 Å². The van der Waals surface area contributed by atoms with Gasteiger partial charge in [0.05, 0.1) is 55.4 Å². The first-order chi connectivity index (χ1) is 35.2. The molecule has 5 heterocycles. The van der Waals surface area contributed by atoms with Gasteiger partial charge in [0.15, 0.2) is 5.82 Å². The molecule has 394 valence electrons. The number of carbonyl (C=O) groups is 6. The fourth-order valence-corrected chi connectivity index (χ4v) is 10.2. The van der Waals surface area contributed by atoms with Crippen LogP contribution in [0, 0.1) is 5.82 Å².